The Morgan fingerprint density at radius 1 is 0.964 bits per heavy atom. The smallest absolute Gasteiger partial charge is 0.161 e. The van der Waals surface area contributed by atoms with Gasteiger partial charge in [0.2, 0.25) is 0 Å². The molecule has 2 aromatic rings. The number of hydrogen-bond acceptors (Lipinski definition) is 3. The third-order valence-corrected chi connectivity index (χ3v) is 5.03. The van der Waals surface area contributed by atoms with Gasteiger partial charge in [-0.1, -0.05) is 56.3 Å². The van der Waals surface area contributed by atoms with Crippen LogP contribution in [-0.2, 0) is 0 Å². The molecule has 0 spiro atoms. The highest BCUT2D eigenvalue weighted by molar-refractivity contribution is 6.05. The van der Waals surface area contributed by atoms with Gasteiger partial charge in [0.1, 0.15) is 0 Å². The molecule has 3 heteroatoms. The molecule has 0 saturated carbocycles. The van der Waals surface area contributed by atoms with Crippen molar-refractivity contribution >= 4 is 11.4 Å². The molecule has 1 atom stereocenters. The van der Waals surface area contributed by atoms with Crippen molar-refractivity contribution in [2.24, 2.45) is 10.9 Å². The molecule has 0 aliphatic carbocycles. The van der Waals surface area contributed by atoms with Crippen LogP contribution in [0.1, 0.15) is 45.2 Å². The SMILES string of the molecule is C=C(C)/C(C)=C(\N=C(c1ccc(OC)c(OC)c1)C(C)CC)c1ccccc1. The van der Waals surface area contributed by atoms with Crippen molar-refractivity contribution in [1.29, 1.82) is 0 Å². The fraction of sp³-hybridized carbons (Fsp3) is 0.320. The molecule has 0 amide bonds. The lowest BCUT2D eigenvalue weighted by Crippen LogP contribution is -2.13. The molecule has 2 rings (SSSR count). The molecule has 28 heavy (non-hydrogen) atoms. The van der Waals surface area contributed by atoms with Crippen molar-refractivity contribution < 1.29 is 9.47 Å². The molecule has 0 radical (unpaired) electrons. The van der Waals surface area contributed by atoms with E-state index in [0.29, 0.717) is 11.5 Å². The Hall–Kier alpha value is -2.81. The quantitative estimate of drug-likeness (QED) is 0.386. The summed E-state index contributed by atoms with van der Waals surface area (Å²) in [5.74, 6) is 1.71. The second-order valence-electron chi connectivity index (χ2n) is 7.00. The van der Waals surface area contributed by atoms with Crippen LogP contribution in [-0.4, -0.2) is 19.9 Å². The topological polar surface area (TPSA) is 30.8 Å². The van der Waals surface area contributed by atoms with Crippen LogP contribution in [0, 0.1) is 5.92 Å². The Morgan fingerprint density at radius 3 is 2.14 bits per heavy atom. The first-order valence-electron chi connectivity index (χ1n) is 9.66. The minimum atomic E-state index is 0.287. The second-order valence-corrected chi connectivity index (χ2v) is 7.00. The first kappa shape index (κ1) is 21.5. The maximum absolute atomic E-state index is 5.51. The molecule has 0 aliphatic heterocycles. The minimum Gasteiger partial charge on any atom is -0.493 e. The third kappa shape index (κ3) is 4.92. The van der Waals surface area contributed by atoms with E-state index in [1.54, 1.807) is 14.2 Å². The van der Waals surface area contributed by atoms with Gasteiger partial charge in [0, 0.05) is 11.1 Å². The van der Waals surface area contributed by atoms with Crippen molar-refractivity contribution in [2.45, 2.75) is 34.1 Å². The Bertz CT molecular complexity index is 879. The highest BCUT2D eigenvalue weighted by atomic mass is 16.5. The highest BCUT2D eigenvalue weighted by Crippen LogP contribution is 2.31. The molecule has 0 aliphatic rings. The van der Waals surface area contributed by atoms with E-state index >= 15 is 0 Å². The highest BCUT2D eigenvalue weighted by Gasteiger charge is 2.17. The Balaban J connectivity index is 2.71. The van der Waals surface area contributed by atoms with Crippen LogP contribution in [0.25, 0.3) is 5.70 Å². The van der Waals surface area contributed by atoms with Gasteiger partial charge in [-0.2, -0.15) is 0 Å². The van der Waals surface area contributed by atoms with Gasteiger partial charge in [-0.3, -0.25) is 4.99 Å². The number of methoxy groups -OCH3 is 2. The molecular formula is C25H31NO2. The minimum absolute atomic E-state index is 0.287. The zero-order chi connectivity index (χ0) is 20.7. The zero-order valence-electron chi connectivity index (χ0n) is 17.9. The largest absolute Gasteiger partial charge is 0.493 e. The summed E-state index contributed by atoms with van der Waals surface area (Å²) in [6, 6.07) is 16.3. The van der Waals surface area contributed by atoms with E-state index < -0.39 is 0 Å². The van der Waals surface area contributed by atoms with Gasteiger partial charge < -0.3 is 9.47 Å². The summed E-state index contributed by atoms with van der Waals surface area (Å²) in [7, 11) is 3.30. The molecule has 2 aromatic carbocycles. The molecule has 0 fully saturated rings. The number of nitrogens with zero attached hydrogens (tertiary/aromatic N) is 1. The van der Waals surface area contributed by atoms with Gasteiger partial charge in [-0.15, -0.1) is 0 Å². The molecule has 0 aromatic heterocycles. The molecule has 1 unspecified atom stereocenters. The third-order valence-electron chi connectivity index (χ3n) is 5.03. The summed E-state index contributed by atoms with van der Waals surface area (Å²) in [6.45, 7) is 12.6. The number of ether oxygens (including phenoxy) is 2. The predicted molar refractivity (Wildman–Crippen MR) is 119 cm³/mol. The van der Waals surface area contributed by atoms with E-state index in [1.165, 1.54) is 0 Å². The van der Waals surface area contributed by atoms with Crippen LogP contribution in [0.5, 0.6) is 11.5 Å². The molecule has 0 saturated heterocycles. The fourth-order valence-electron chi connectivity index (χ4n) is 2.93. The van der Waals surface area contributed by atoms with Gasteiger partial charge in [0.25, 0.3) is 0 Å². The molecule has 3 nitrogen and oxygen atoms in total. The average molecular weight is 378 g/mol. The van der Waals surface area contributed by atoms with Crippen LogP contribution < -0.4 is 9.47 Å². The number of hydrogen-bond donors (Lipinski definition) is 0. The van der Waals surface area contributed by atoms with Gasteiger partial charge in [0.15, 0.2) is 11.5 Å². The Labute approximate surface area is 169 Å². The maximum atomic E-state index is 5.51. The van der Waals surface area contributed by atoms with Crippen molar-refractivity contribution in [3.8, 4) is 11.5 Å². The molecule has 0 heterocycles. The normalized spacial score (nSPS) is 13.6. The monoisotopic (exact) mass is 377 g/mol. The molecule has 0 N–H and O–H groups in total. The summed E-state index contributed by atoms with van der Waals surface area (Å²) < 4.78 is 10.9. The number of aliphatic imine (C=N–C) groups is 1. The molecular weight excluding hydrogens is 346 g/mol. The maximum Gasteiger partial charge on any atom is 0.161 e. The van der Waals surface area contributed by atoms with E-state index in [0.717, 1.165) is 40.1 Å². The fourth-order valence-corrected chi connectivity index (χ4v) is 2.93. The summed E-state index contributed by atoms with van der Waals surface area (Å²) in [6.07, 6.45) is 0.987. The first-order chi connectivity index (χ1) is 13.4. The van der Waals surface area contributed by atoms with Crippen LogP contribution in [0.3, 0.4) is 0 Å². The van der Waals surface area contributed by atoms with Crippen molar-refractivity contribution in [3.05, 3.63) is 77.4 Å². The van der Waals surface area contributed by atoms with Gasteiger partial charge in [0.05, 0.1) is 25.6 Å². The number of rotatable bonds is 8. The lowest BCUT2D eigenvalue weighted by Gasteiger charge is -2.18. The average Bonchev–Trinajstić information content (AvgIpc) is 2.73. The van der Waals surface area contributed by atoms with Gasteiger partial charge in [-0.05, 0) is 50.0 Å². The van der Waals surface area contributed by atoms with E-state index in [4.69, 9.17) is 14.5 Å². The summed E-state index contributed by atoms with van der Waals surface area (Å²) in [5.41, 5.74) is 6.21. The van der Waals surface area contributed by atoms with Crippen molar-refractivity contribution in [3.63, 3.8) is 0 Å². The lowest BCUT2D eigenvalue weighted by molar-refractivity contribution is 0.355. The molecule has 148 valence electrons. The number of allylic oxidation sites excluding steroid dienone is 2. The van der Waals surface area contributed by atoms with E-state index in [1.807, 2.05) is 43.3 Å². The predicted octanol–water partition coefficient (Wildman–Crippen LogP) is 6.55. The summed E-state index contributed by atoms with van der Waals surface area (Å²) >= 11 is 0. The van der Waals surface area contributed by atoms with E-state index in [2.05, 4.69) is 39.5 Å². The van der Waals surface area contributed by atoms with Crippen LogP contribution in [0.15, 0.2) is 71.2 Å². The van der Waals surface area contributed by atoms with Crippen LogP contribution in [0.2, 0.25) is 0 Å². The van der Waals surface area contributed by atoms with Crippen molar-refractivity contribution in [2.75, 3.05) is 14.2 Å². The summed E-state index contributed by atoms with van der Waals surface area (Å²) in [4.78, 5) is 5.18. The Morgan fingerprint density at radius 2 is 1.61 bits per heavy atom. The van der Waals surface area contributed by atoms with Crippen molar-refractivity contribution in [1.82, 2.24) is 0 Å². The molecule has 0 bridgehead atoms. The van der Waals surface area contributed by atoms with Crippen LogP contribution >= 0.6 is 0 Å². The van der Waals surface area contributed by atoms with Crippen LogP contribution in [0.4, 0.5) is 0 Å². The Kier molecular flexibility index (Phi) is 7.62. The van der Waals surface area contributed by atoms with E-state index in [9.17, 15) is 0 Å². The number of benzene rings is 2. The van der Waals surface area contributed by atoms with Gasteiger partial charge in [-0.25, -0.2) is 0 Å². The standard InChI is InChI=1S/C25H31NO2/c1-8-18(4)24(21-14-15-22(27-6)23(16-21)28-7)26-25(19(5)17(2)3)20-12-10-9-11-13-20/h9-16,18H,2,8H2,1,3-7H3/b25-19-,26-24?. The second kappa shape index (κ2) is 9.93. The lowest BCUT2D eigenvalue weighted by atomic mass is 9.94. The van der Waals surface area contributed by atoms with E-state index in [-0.39, 0.29) is 5.92 Å². The summed E-state index contributed by atoms with van der Waals surface area (Å²) in [5, 5.41) is 0. The first-order valence-corrected chi connectivity index (χ1v) is 9.66. The zero-order valence-corrected chi connectivity index (χ0v) is 17.9. The van der Waals surface area contributed by atoms with Gasteiger partial charge >= 0.3 is 0 Å².